The molecule has 1 aromatic rings. The van der Waals surface area contributed by atoms with Crippen molar-refractivity contribution in [3.8, 4) is 5.75 Å². The Bertz CT molecular complexity index is 368. The van der Waals surface area contributed by atoms with Gasteiger partial charge in [0.05, 0.1) is 11.4 Å². The summed E-state index contributed by atoms with van der Waals surface area (Å²) >= 11 is 0. The van der Waals surface area contributed by atoms with Crippen molar-refractivity contribution in [1.29, 1.82) is 0 Å². The van der Waals surface area contributed by atoms with Crippen molar-refractivity contribution in [3.63, 3.8) is 0 Å². The van der Waals surface area contributed by atoms with Crippen LogP contribution >= 0.6 is 0 Å². The van der Waals surface area contributed by atoms with Gasteiger partial charge in [-0.05, 0) is 26.0 Å². The number of nitrogens with zero attached hydrogens (tertiary/aromatic N) is 1. The second-order valence-electron chi connectivity index (χ2n) is 3.27. The molecule has 0 radical (unpaired) electrons. The largest absolute Gasteiger partial charge is 0.458 e. The molecule has 0 aromatic heterocycles. The Morgan fingerprint density at radius 2 is 1.85 bits per heavy atom. The number of anilines is 1. The zero-order chi connectivity index (χ0) is 9.42. The van der Waals surface area contributed by atoms with Gasteiger partial charge in [0.15, 0.2) is 5.75 Å². The summed E-state index contributed by atoms with van der Waals surface area (Å²) in [6.45, 7) is 4.05. The molecule has 1 aliphatic rings. The second kappa shape index (κ2) is 2.80. The first-order valence-electron chi connectivity index (χ1n) is 4.38. The minimum atomic E-state index is 0.938. The topological polar surface area (TPSA) is 12.5 Å². The highest BCUT2D eigenvalue weighted by Crippen LogP contribution is 2.35. The fraction of sp³-hybridized carbons (Fsp3) is 0.273. The van der Waals surface area contributed by atoms with Crippen molar-refractivity contribution in [1.82, 2.24) is 0 Å². The van der Waals surface area contributed by atoms with Gasteiger partial charge in [0.2, 0.25) is 0 Å². The Balaban J connectivity index is 2.52. The Morgan fingerprint density at radius 1 is 1.15 bits per heavy atom. The van der Waals surface area contributed by atoms with E-state index >= 15 is 0 Å². The lowest BCUT2D eigenvalue weighted by atomic mass is 10.2. The van der Waals surface area contributed by atoms with E-state index < -0.39 is 0 Å². The van der Waals surface area contributed by atoms with Gasteiger partial charge in [-0.2, -0.15) is 0 Å². The fourth-order valence-corrected chi connectivity index (χ4v) is 1.48. The molecular weight excluding hydrogens is 162 g/mol. The molecule has 2 rings (SSSR count). The van der Waals surface area contributed by atoms with Gasteiger partial charge in [-0.3, -0.25) is 0 Å². The maximum atomic E-state index is 5.65. The van der Waals surface area contributed by atoms with Gasteiger partial charge in [0.1, 0.15) is 5.76 Å². The molecule has 68 valence electrons. The van der Waals surface area contributed by atoms with Crippen LogP contribution in [0.15, 0.2) is 35.7 Å². The average Bonchev–Trinajstić information content (AvgIpc) is 2.15. The summed E-state index contributed by atoms with van der Waals surface area (Å²) in [5.41, 5.74) is 2.30. The van der Waals surface area contributed by atoms with Crippen molar-refractivity contribution in [2.75, 3.05) is 11.9 Å². The first-order valence-corrected chi connectivity index (χ1v) is 4.38. The third-order valence-corrected chi connectivity index (χ3v) is 2.50. The average molecular weight is 175 g/mol. The molecule has 0 saturated heterocycles. The van der Waals surface area contributed by atoms with E-state index in [-0.39, 0.29) is 0 Å². The minimum absolute atomic E-state index is 0.938. The zero-order valence-electron chi connectivity index (χ0n) is 8.16. The summed E-state index contributed by atoms with van der Waals surface area (Å²) in [4.78, 5) is 2.15. The molecule has 0 fully saturated rings. The zero-order valence-corrected chi connectivity index (χ0v) is 8.16. The van der Waals surface area contributed by atoms with Crippen molar-refractivity contribution < 1.29 is 4.74 Å². The van der Waals surface area contributed by atoms with Crippen LogP contribution in [-0.4, -0.2) is 7.05 Å². The van der Waals surface area contributed by atoms with E-state index in [2.05, 4.69) is 24.9 Å². The number of benzene rings is 1. The summed E-state index contributed by atoms with van der Waals surface area (Å²) < 4.78 is 5.65. The van der Waals surface area contributed by atoms with Crippen LogP contribution in [0.1, 0.15) is 13.8 Å². The maximum absolute atomic E-state index is 5.65. The van der Waals surface area contributed by atoms with E-state index in [1.54, 1.807) is 0 Å². The van der Waals surface area contributed by atoms with Crippen LogP contribution in [0.25, 0.3) is 0 Å². The van der Waals surface area contributed by atoms with E-state index in [4.69, 9.17) is 4.74 Å². The molecular formula is C11H13NO. The maximum Gasteiger partial charge on any atom is 0.150 e. The van der Waals surface area contributed by atoms with Crippen molar-refractivity contribution in [2.24, 2.45) is 0 Å². The lowest BCUT2D eigenvalue weighted by Crippen LogP contribution is -2.21. The smallest absolute Gasteiger partial charge is 0.150 e. The van der Waals surface area contributed by atoms with E-state index in [0.717, 1.165) is 17.2 Å². The standard InChI is InChI=1S/C11H13NO/c1-8-9(2)13-11-7-5-4-6-10(11)12(8)3/h4-7H,1-3H3. The molecule has 0 atom stereocenters. The molecule has 0 N–H and O–H groups in total. The van der Waals surface area contributed by atoms with Gasteiger partial charge in [-0.15, -0.1) is 0 Å². The third-order valence-electron chi connectivity index (χ3n) is 2.50. The molecule has 0 saturated carbocycles. The highest BCUT2D eigenvalue weighted by molar-refractivity contribution is 5.64. The Morgan fingerprint density at radius 3 is 2.62 bits per heavy atom. The van der Waals surface area contributed by atoms with Crippen molar-refractivity contribution >= 4 is 5.69 Å². The lowest BCUT2D eigenvalue weighted by molar-refractivity contribution is 0.410. The van der Waals surface area contributed by atoms with Crippen LogP contribution < -0.4 is 9.64 Å². The Labute approximate surface area is 78.4 Å². The van der Waals surface area contributed by atoms with Crippen molar-refractivity contribution in [3.05, 3.63) is 35.7 Å². The highest BCUT2D eigenvalue weighted by Gasteiger charge is 2.17. The summed E-state index contributed by atoms with van der Waals surface area (Å²) in [5.74, 6) is 1.91. The Hall–Kier alpha value is -1.44. The number of rotatable bonds is 0. The molecule has 1 aliphatic heterocycles. The van der Waals surface area contributed by atoms with E-state index in [9.17, 15) is 0 Å². The molecule has 2 heteroatoms. The van der Waals surface area contributed by atoms with Crippen LogP contribution in [0.2, 0.25) is 0 Å². The molecule has 0 aliphatic carbocycles. The lowest BCUT2D eigenvalue weighted by Gasteiger charge is -2.29. The predicted molar refractivity (Wildman–Crippen MR) is 53.8 cm³/mol. The van der Waals surface area contributed by atoms with Crippen LogP contribution in [0.4, 0.5) is 5.69 Å². The first-order chi connectivity index (χ1) is 6.20. The second-order valence-corrected chi connectivity index (χ2v) is 3.27. The molecule has 2 nitrogen and oxygen atoms in total. The van der Waals surface area contributed by atoms with Gasteiger partial charge in [0.25, 0.3) is 0 Å². The molecule has 0 spiro atoms. The summed E-state index contributed by atoms with van der Waals surface area (Å²) in [6.07, 6.45) is 0. The van der Waals surface area contributed by atoms with E-state index in [1.165, 1.54) is 5.70 Å². The van der Waals surface area contributed by atoms with Gasteiger partial charge < -0.3 is 9.64 Å². The number of para-hydroxylation sites is 2. The Kier molecular flexibility index (Phi) is 1.76. The van der Waals surface area contributed by atoms with Gasteiger partial charge in [-0.1, -0.05) is 12.1 Å². The van der Waals surface area contributed by atoms with Gasteiger partial charge in [-0.25, -0.2) is 0 Å². The SMILES string of the molecule is CC1=C(C)N(C)c2ccccc2O1. The normalized spacial score (nSPS) is 15.5. The summed E-state index contributed by atoms with van der Waals surface area (Å²) in [6, 6.07) is 8.06. The van der Waals surface area contributed by atoms with E-state index in [1.807, 2.05) is 25.1 Å². The number of hydrogen-bond acceptors (Lipinski definition) is 2. The monoisotopic (exact) mass is 175 g/mol. The quantitative estimate of drug-likeness (QED) is 0.601. The molecule has 1 aromatic carbocycles. The summed E-state index contributed by atoms with van der Waals surface area (Å²) in [5, 5.41) is 0. The molecule has 0 amide bonds. The van der Waals surface area contributed by atoms with Gasteiger partial charge in [0, 0.05) is 7.05 Å². The number of ether oxygens (including phenoxy) is 1. The van der Waals surface area contributed by atoms with Crippen molar-refractivity contribution in [2.45, 2.75) is 13.8 Å². The predicted octanol–water partition coefficient (Wildman–Crippen LogP) is 2.77. The molecule has 1 heterocycles. The van der Waals surface area contributed by atoms with Crippen LogP contribution in [0.5, 0.6) is 5.75 Å². The third kappa shape index (κ3) is 1.18. The summed E-state index contributed by atoms with van der Waals surface area (Å²) in [7, 11) is 2.06. The van der Waals surface area contributed by atoms with Crippen LogP contribution in [0.3, 0.4) is 0 Å². The van der Waals surface area contributed by atoms with Crippen LogP contribution in [-0.2, 0) is 0 Å². The van der Waals surface area contributed by atoms with Gasteiger partial charge >= 0.3 is 0 Å². The molecule has 0 bridgehead atoms. The fourth-order valence-electron chi connectivity index (χ4n) is 1.48. The number of fused-ring (bicyclic) bond motifs is 1. The minimum Gasteiger partial charge on any atom is -0.458 e. The first kappa shape index (κ1) is 8.17. The van der Waals surface area contributed by atoms with Crippen LogP contribution in [0, 0.1) is 0 Å². The number of allylic oxidation sites excluding steroid dienone is 2. The number of hydrogen-bond donors (Lipinski definition) is 0. The van der Waals surface area contributed by atoms with E-state index in [0.29, 0.717) is 0 Å². The molecule has 13 heavy (non-hydrogen) atoms. The highest BCUT2D eigenvalue weighted by atomic mass is 16.5. The molecule has 0 unspecified atom stereocenters.